The third-order valence-corrected chi connectivity index (χ3v) is 6.83. The average molecular weight is 405 g/mol. The molecule has 1 aromatic carbocycles. The van der Waals surface area contributed by atoms with Crippen LogP contribution in [0.1, 0.15) is 24.5 Å². The second kappa shape index (κ2) is 7.50. The molecule has 2 aromatic rings. The second-order valence-electron chi connectivity index (χ2n) is 7.97. The number of sulfonamides is 1. The monoisotopic (exact) mass is 404 g/mol. The summed E-state index contributed by atoms with van der Waals surface area (Å²) in [6.07, 6.45) is 3.40. The van der Waals surface area contributed by atoms with Gasteiger partial charge in [-0.05, 0) is 55.6 Å². The Labute approximate surface area is 166 Å². The SMILES string of the molecule is COc1ccc(-c2cc([C@@H]3CN4CC[C@H]3C[C@@H]4CNS(C)(=O)=O)n(C)n2)cc1. The molecule has 5 rings (SSSR count). The van der Waals surface area contributed by atoms with E-state index in [0.717, 1.165) is 42.9 Å². The Morgan fingerprint density at radius 1 is 1.29 bits per heavy atom. The molecule has 7 nitrogen and oxygen atoms in total. The Morgan fingerprint density at radius 3 is 2.64 bits per heavy atom. The maximum Gasteiger partial charge on any atom is 0.208 e. The van der Waals surface area contributed by atoms with Gasteiger partial charge in [0.2, 0.25) is 10.0 Å². The van der Waals surface area contributed by atoms with Crippen LogP contribution in [0, 0.1) is 5.92 Å². The normalized spacial score (nSPS) is 27.1. The lowest BCUT2D eigenvalue weighted by atomic mass is 9.74. The van der Waals surface area contributed by atoms with Gasteiger partial charge in [-0.25, -0.2) is 13.1 Å². The summed E-state index contributed by atoms with van der Waals surface area (Å²) in [6.45, 7) is 2.51. The fraction of sp³-hybridized carbons (Fsp3) is 0.550. The standard InChI is InChI=1S/C20H28N4O3S/c1-23-20(11-19(22-23)14-4-6-17(27-2)7-5-14)18-13-24-9-8-15(18)10-16(24)12-21-28(3,25)26/h4-7,11,15-16,18,21H,8-10,12-13H2,1-3H3/t15-,16+,18+/m0/s1. The van der Waals surface area contributed by atoms with E-state index in [0.29, 0.717) is 24.4 Å². The number of aryl methyl sites for hydroxylation is 1. The molecule has 4 heterocycles. The van der Waals surface area contributed by atoms with Gasteiger partial charge in [0.25, 0.3) is 0 Å². The van der Waals surface area contributed by atoms with Crippen LogP contribution in [0.3, 0.4) is 0 Å². The third kappa shape index (κ3) is 3.94. The summed E-state index contributed by atoms with van der Waals surface area (Å²) < 4.78 is 32.8. The minimum atomic E-state index is -3.14. The van der Waals surface area contributed by atoms with E-state index in [1.165, 1.54) is 11.9 Å². The van der Waals surface area contributed by atoms with E-state index in [9.17, 15) is 8.42 Å². The minimum absolute atomic E-state index is 0.291. The van der Waals surface area contributed by atoms with Gasteiger partial charge in [0.15, 0.2) is 0 Å². The van der Waals surface area contributed by atoms with Gasteiger partial charge in [0.05, 0.1) is 19.1 Å². The molecule has 8 heteroatoms. The molecule has 0 amide bonds. The number of ether oxygens (including phenoxy) is 1. The van der Waals surface area contributed by atoms with E-state index in [1.807, 2.05) is 36.0 Å². The van der Waals surface area contributed by atoms with E-state index in [1.54, 1.807) is 7.11 Å². The van der Waals surface area contributed by atoms with Crippen molar-refractivity contribution in [2.45, 2.75) is 24.8 Å². The predicted octanol–water partition coefficient (Wildman–Crippen LogP) is 1.82. The number of nitrogens with zero attached hydrogens (tertiary/aromatic N) is 3. The van der Waals surface area contributed by atoms with Gasteiger partial charge in [-0.2, -0.15) is 5.10 Å². The van der Waals surface area contributed by atoms with Crippen molar-refractivity contribution in [2.24, 2.45) is 13.0 Å². The Bertz CT molecular complexity index is 939. The zero-order valence-corrected chi connectivity index (χ0v) is 17.4. The summed E-state index contributed by atoms with van der Waals surface area (Å²) in [6, 6.07) is 10.5. The fourth-order valence-corrected chi connectivity index (χ4v) is 5.16. The molecular weight excluding hydrogens is 376 g/mol. The molecular formula is C20H28N4O3S. The zero-order valence-electron chi connectivity index (χ0n) is 16.6. The molecule has 4 atom stereocenters. The molecule has 28 heavy (non-hydrogen) atoms. The van der Waals surface area contributed by atoms with Crippen molar-refractivity contribution in [2.75, 3.05) is 33.0 Å². The number of aromatic nitrogens is 2. The first-order valence-electron chi connectivity index (χ1n) is 9.71. The highest BCUT2D eigenvalue weighted by molar-refractivity contribution is 7.88. The molecule has 1 unspecified atom stereocenters. The fourth-order valence-electron chi connectivity index (χ4n) is 4.66. The Morgan fingerprint density at radius 2 is 2.04 bits per heavy atom. The Balaban J connectivity index is 1.50. The highest BCUT2D eigenvalue weighted by Crippen LogP contribution is 2.42. The lowest BCUT2D eigenvalue weighted by molar-refractivity contribution is 0.0306. The van der Waals surface area contributed by atoms with Crippen LogP contribution < -0.4 is 9.46 Å². The van der Waals surface area contributed by atoms with E-state index in [4.69, 9.17) is 9.84 Å². The summed E-state index contributed by atoms with van der Waals surface area (Å²) in [5.41, 5.74) is 3.32. The molecule has 0 radical (unpaired) electrons. The van der Waals surface area contributed by atoms with Crippen molar-refractivity contribution < 1.29 is 13.2 Å². The number of fused-ring (bicyclic) bond motifs is 3. The minimum Gasteiger partial charge on any atom is -0.497 e. The van der Waals surface area contributed by atoms with Gasteiger partial charge < -0.3 is 4.74 Å². The van der Waals surface area contributed by atoms with E-state index in [2.05, 4.69) is 15.7 Å². The molecule has 0 saturated carbocycles. The third-order valence-electron chi connectivity index (χ3n) is 6.14. The maximum absolute atomic E-state index is 11.4. The summed E-state index contributed by atoms with van der Waals surface area (Å²) in [5, 5.41) is 4.75. The van der Waals surface area contributed by atoms with Crippen molar-refractivity contribution >= 4 is 10.0 Å². The molecule has 3 saturated heterocycles. The predicted molar refractivity (Wildman–Crippen MR) is 109 cm³/mol. The van der Waals surface area contributed by atoms with E-state index >= 15 is 0 Å². The first-order valence-corrected chi connectivity index (χ1v) is 11.6. The van der Waals surface area contributed by atoms with Crippen molar-refractivity contribution in [3.8, 4) is 17.0 Å². The lowest BCUT2D eigenvalue weighted by Crippen LogP contribution is -2.56. The van der Waals surface area contributed by atoms with Crippen LogP contribution in [0.2, 0.25) is 0 Å². The van der Waals surface area contributed by atoms with Crippen LogP contribution in [-0.4, -0.2) is 62.1 Å². The van der Waals surface area contributed by atoms with Crippen LogP contribution in [-0.2, 0) is 17.1 Å². The van der Waals surface area contributed by atoms with Gasteiger partial charge in [0, 0.05) is 43.4 Å². The molecule has 3 aliphatic rings. The van der Waals surface area contributed by atoms with E-state index in [-0.39, 0.29) is 0 Å². The van der Waals surface area contributed by atoms with Crippen molar-refractivity contribution in [3.05, 3.63) is 36.0 Å². The highest BCUT2D eigenvalue weighted by Gasteiger charge is 2.41. The van der Waals surface area contributed by atoms with E-state index < -0.39 is 10.0 Å². The molecule has 0 spiro atoms. The quantitative estimate of drug-likeness (QED) is 0.795. The van der Waals surface area contributed by atoms with Crippen LogP contribution in [0.25, 0.3) is 11.3 Å². The number of hydrogen-bond acceptors (Lipinski definition) is 5. The highest BCUT2D eigenvalue weighted by atomic mass is 32.2. The van der Waals surface area contributed by atoms with Crippen LogP contribution in [0.15, 0.2) is 30.3 Å². The van der Waals surface area contributed by atoms with Gasteiger partial charge >= 0.3 is 0 Å². The summed E-state index contributed by atoms with van der Waals surface area (Å²) in [7, 11) is 0.538. The zero-order chi connectivity index (χ0) is 19.9. The van der Waals surface area contributed by atoms with Crippen molar-refractivity contribution in [1.82, 2.24) is 19.4 Å². The number of piperidine rings is 3. The molecule has 3 aliphatic heterocycles. The van der Waals surface area contributed by atoms with Crippen LogP contribution in [0.4, 0.5) is 0 Å². The van der Waals surface area contributed by atoms with Gasteiger partial charge in [0.1, 0.15) is 5.75 Å². The molecule has 152 valence electrons. The summed E-state index contributed by atoms with van der Waals surface area (Å²) in [5.74, 6) is 1.84. The number of benzene rings is 1. The molecule has 2 bridgehead atoms. The topological polar surface area (TPSA) is 76.5 Å². The molecule has 1 aromatic heterocycles. The molecule has 0 aliphatic carbocycles. The number of methoxy groups -OCH3 is 1. The lowest BCUT2D eigenvalue weighted by Gasteiger charge is -2.49. The number of rotatable bonds is 6. The average Bonchev–Trinajstić information content (AvgIpc) is 3.08. The Kier molecular flexibility index (Phi) is 5.20. The van der Waals surface area contributed by atoms with Gasteiger partial charge in [-0.3, -0.25) is 9.58 Å². The number of hydrogen-bond donors (Lipinski definition) is 1. The first-order chi connectivity index (χ1) is 13.3. The Hall–Kier alpha value is -1.90. The molecule has 1 N–H and O–H groups in total. The smallest absolute Gasteiger partial charge is 0.208 e. The van der Waals surface area contributed by atoms with Crippen molar-refractivity contribution in [3.63, 3.8) is 0 Å². The summed E-state index contributed by atoms with van der Waals surface area (Å²) in [4.78, 5) is 2.43. The van der Waals surface area contributed by atoms with Gasteiger partial charge in [-0.15, -0.1) is 0 Å². The molecule has 3 fully saturated rings. The summed E-state index contributed by atoms with van der Waals surface area (Å²) >= 11 is 0. The van der Waals surface area contributed by atoms with Crippen LogP contribution >= 0.6 is 0 Å². The maximum atomic E-state index is 11.4. The van der Waals surface area contributed by atoms with Crippen molar-refractivity contribution in [1.29, 1.82) is 0 Å². The van der Waals surface area contributed by atoms with Crippen LogP contribution in [0.5, 0.6) is 5.75 Å². The number of nitrogens with one attached hydrogen (secondary N) is 1. The van der Waals surface area contributed by atoms with Gasteiger partial charge in [-0.1, -0.05) is 0 Å². The first kappa shape index (κ1) is 19.4. The largest absolute Gasteiger partial charge is 0.497 e. The second-order valence-corrected chi connectivity index (χ2v) is 9.80.